The van der Waals surface area contributed by atoms with Crippen LogP contribution in [0.5, 0.6) is 0 Å². The van der Waals surface area contributed by atoms with Gasteiger partial charge in [0.25, 0.3) is 5.56 Å². The number of pyridine rings is 1. The van der Waals surface area contributed by atoms with Crippen LogP contribution in [0.2, 0.25) is 5.02 Å². The van der Waals surface area contributed by atoms with Crippen molar-refractivity contribution in [2.75, 3.05) is 6.61 Å². The van der Waals surface area contributed by atoms with Crippen molar-refractivity contribution in [1.82, 2.24) is 4.57 Å². The first kappa shape index (κ1) is 19.4. The number of benzene rings is 1. The largest absolute Gasteiger partial charge is 0.396 e. The number of rotatable bonds is 3. The quantitative estimate of drug-likeness (QED) is 0.660. The minimum atomic E-state index is -0.367. The first-order valence-electron chi connectivity index (χ1n) is 9.23. The maximum atomic E-state index is 12.4. The highest BCUT2D eigenvalue weighted by Gasteiger charge is 2.33. The molecule has 0 saturated heterocycles. The van der Waals surface area contributed by atoms with E-state index in [9.17, 15) is 9.90 Å². The molecular weight excluding hydrogens is 394 g/mol. The van der Waals surface area contributed by atoms with E-state index in [2.05, 4.69) is 13.8 Å². The molecule has 1 aliphatic heterocycles. The lowest BCUT2D eigenvalue weighted by Crippen LogP contribution is -2.19. The molecule has 4 nitrogen and oxygen atoms in total. The fraction of sp³-hybridized carbons (Fsp3) is 0.318. The molecular formula is C22H22ClNO3S. The van der Waals surface area contributed by atoms with Gasteiger partial charge in [-0.3, -0.25) is 4.79 Å². The summed E-state index contributed by atoms with van der Waals surface area (Å²) >= 11 is 7.82. The molecule has 3 aromatic rings. The smallest absolute Gasteiger partial charge is 0.250 e. The summed E-state index contributed by atoms with van der Waals surface area (Å²) < 4.78 is 8.18. The van der Waals surface area contributed by atoms with Crippen molar-refractivity contribution >= 4 is 22.9 Å². The molecule has 146 valence electrons. The average molecular weight is 416 g/mol. The molecule has 0 fully saturated rings. The number of aromatic nitrogens is 1. The Bertz CT molecular complexity index is 1080. The second-order valence-corrected chi connectivity index (χ2v) is 8.85. The predicted molar refractivity (Wildman–Crippen MR) is 113 cm³/mol. The first-order chi connectivity index (χ1) is 13.4. The highest BCUT2D eigenvalue weighted by molar-refractivity contribution is 7.15. The number of hydrogen-bond donors (Lipinski definition) is 1. The van der Waals surface area contributed by atoms with Crippen molar-refractivity contribution in [2.45, 2.75) is 32.5 Å². The SMILES string of the molecule is Cc1sc2c(c1C)[C@H](c1ccc(Cl)cc1)O[C@@H](CCO)c1cc(=O)n(C)cc1-2. The molecule has 0 radical (unpaired) electrons. The van der Waals surface area contributed by atoms with Gasteiger partial charge in [-0.15, -0.1) is 11.3 Å². The Morgan fingerprint density at radius 3 is 2.64 bits per heavy atom. The Balaban J connectivity index is 2.00. The van der Waals surface area contributed by atoms with Gasteiger partial charge in [-0.1, -0.05) is 23.7 Å². The summed E-state index contributed by atoms with van der Waals surface area (Å²) in [6.07, 6.45) is 1.66. The molecule has 1 aromatic carbocycles. The minimum absolute atomic E-state index is 0.0156. The van der Waals surface area contributed by atoms with Crippen LogP contribution < -0.4 is 5.56 Å². The summed E-state index contributed by atoms with van der Waals surface area (Å²) in [5, 5.41) is 10.3. The van der Waals surface area contributed by atoms with Crippen LogP contribution in [0, 0.1) is 13.8 Å². The van der Waals surface area contributed by atoms with E-state index in [4.69, 9.17) is 16.3 Å². The van der Waals surface area contributed by atoms with Gasteiger partial charge in [0.15, 0.2) is 0 Å². The lowest BCUT2D eigenvalue weighted by molar-refractivity contribution is -0.00456. The fourth-order valence-corrected chi connectivity index (χ4v) is 5.14. The molecule has 0 saturated carbocycles. The van der Waals surface area contributed by atoms with E-state index in [-0.39, 0.29) is 24.4 Å². The average Bonchev–Trinajstić information content (AvgIpc) is 2.89. The molecule has 0 amide bonds. The second kappa shape index (κ2) is 7.48. The van der Waals surface area contributed by atoms with Gasteiger partial charge in [-0.25, -0.2) is 0 Å². The van der Waals surface area contributed by atoms with Crippen LogP contribution in [-0.4, -0.2) is 16.3 Å². The van der Waals surface area contributed by atoms with Crippen LogP contribution >= 0.6 is 22.9 Å². The molecule has 3 heterocycles. The van der Waals surface area contributed by atoms with Gasteiger partial charge < -0.3 is 14.4 Å². The van der Waals surface area contributed by atoms with E-state index < -0.39 is 0 Å². The summed E-state index contributed by atoms with van der Waals surface area (Å²) in [6.45, 7) is 4.21. The maximum absolute atomic E-state index is 12.4. The number of aryl methyl sites for hydroxylation is 2. The topological polar surface area (TPSA) is 51.5 Å². The van der Waals surface area contributed by atoms with E-state index in [1.165, 1.54) is 10.4 Å². The van der Waals surface area contributed by atoms with Crippen LogP contribution in [-0.2, 0) is 11.8 Å². The van der Waals surface area contributed by atoms with Gasteiger partial charge in [0.2, 0.25) is 0 Å². The third kappa shape index (κ3) is 3.22. The second-order valence-electron chi connectivity index (χ2n) is 7.19. The molecule has 6 heteroatoms. The fourth-order valence-electron chi connectivity index (χ4n) is 3.79. The molecule has 2 atom stereocenters. The Morgan fingerprint density at radius 2 is 1.96 bits per heavy atom. The lowest BCUT2D eigenvalue weighted by Gasteiger charge is -2.24. The van der Waals surface area contributed by atoms with Crippen LogP contribution in [0.3, 0.4) is 0 Å². The zero-order valence-corrected chi connectivity index (χ0v) is 17.6. The van der Waals surface area contributed by atoms with E-state index in [1.807, 2.05) is 30.5 Å². The highest BCUT2D eigenvalue weighted by atomic mass is 35.5. The molecule has 1 aliphatic rings. The molecule has 4 rings (SSSR count). The summed E-state index contributed by atoms with van der Waals surface area (Å²) in [4.78, 5) is 14.7. The van der Waals surface area contributed by atoms with Gasteiger partial charge in [0, 0.05) is 58.2 Å². The number of halogens is 1. The Hall–Kier alpha value is -1.92. The summed E-state index contributed by atoms with van der Waals surface area (Å²) in [5.41, 5.74) is 5.11. The van der Waals surface area contributed by atoms with Crippen LogP contribution in [0.4, 0.5) is 0 Å². The number of thiophene rings is 1. The number of ether oxygens (including phenoxy) is 1. The van der Waals surface area contributed by atoms with Crippen LogP contribution in [0.25, 0.3) is 10.4 Å². The lowest BCUT2D eigenvalue weighted by atomic mass is 9.95. The van der Waals surface area contributed by atoms with E-state index in [0.29, 0.717) is 11.4 Å². The molecule has 28 heavy (non-hydrogen) atoms. The van der Waals surface area contributed by atoms with E-state index in [1.54, 1.807) is 29.0 Å². The number of aliphatic hydroxyl groups is 1. The number of fused-ring (bicyclic) bond motifs is 3. The van der Waals surface area contributed by atoms with Gasteiger partial charge in [-0.05, 0) is 42.7 Å². The Morgan fingerprint density at radius 1 is 1.25 bits per heavy atom. The normalized spacial score (nSPS) is 18.5. The first-order valence-corrected chi connectivity index (χ1v) is 10.4. The number of nitrogens with zero attached hydrogens (tertiary/aromatic N) is 1. The maximum Gasteiger partial charge on any atom is 0.250 e. The van der Waals surface area contributed by atoms with Crippen molar-refractivity contribution in [2.24, 2.45) is 7.05 Å². The van der Waals surface area contributed by atoms with Crippen molar-refractivity contribution in [3.8, 4) is 10.4 Å². The summed E-state index contributed by atoms with van der Waals surface area (Å²) in [6, 6.07) is 9.34. The van der Waals surface area contributed by atoms with Crippen molar-refractivity contribution in [3.63, 3.8) is 0 Å². The zero-order chi connectivity index (χ0) is 20.0. The van der Waals surface area contributed by atoms with Crippen molar-refractivity contribution < 1.29 is 9.84 Å². The summed E-state index contributed by atoms with van der Waals surface area (Å²) in [5.74, 6) is 0. The third-order valence-electron chi connectivity index (χ3n) is 5.41. The van der Waals surface area contributed by atoms with Gasteiger partial charge in [0.05, 0.1) is 6.10 Å². The Labute approximate surface area is 173 Å². The predicted octanol–water partition coefficient (Wildman–Crippen LogP) is 4.93. The van der Waals surface area contributed by atoms with Gasteiger partial charge >= 0.3 is 0 Å². The molecule has 0 bridgehead atoms. The number of hydrogen-bond acceptors (Lipinski definition) is 4. The van der Waals surface area contributed by atoms with E-state index in [0.717, 1.165) is 27.1 Å². The van der Waals surface area contributed by atoms with Crippen LogP contribution in [0.15, 0.2) is 41.3 Å². The molecule has 2 aromatic heterocycles. The third-order valence-corrected chi connectivity index (χ3v) is 6.92. The highest BCUT2D eigenvalue weighted by Crippen LogP contribution is 2.50. The van der Waals surface area contributed by atoms with Gasteiger partial charge in [0.1, 0.15) is 6.10 Å². The van der Waals surface area contributed by atoms with Crippen molar-refractivity contribution in [3.05, 3.63) is 79.0 Å². The monoisotopic (exact) mass is 415 g/mol. The molecule has 1 N–H and O–H groups in total. The van der Waals surface area contributed by atoms with Crippen molar-refractivity contribution in [1.29, 1.82) is 0 Å². The number of aliphatic hydroxyl groups excluding tert-OH is 1. The van der Waals surface area contributed by atoms with E-state index >= 15 is 0 Å². The summed E-state index contributed by atoms with van der Waals surface area (Å²) in [7, 11) is 1.76. The Kier molecular flexibility index (Phi) is 5.19. The molecule has 0 unspecified atom stereocenters. The minimum Gasteiger partial charge on any atom is -0.396 e. The van der Waals surface area contributed by atoms with Gasteiger partial charge in [-0.2, -0.15) is 0 Å². The molecule has 0 spiro atoms. The standard InChI is InChI=1S/C22H22ClNO3S/c1-12-13(2)28-22-17-11-24(3)19(26)10-16(17)18(8-9-25)27-21(20(12)22)14-4-6-15(23)7-5-14/h4-7,10-11,18,21,25H,8-9H2,1-3H3/t18-,21-/m0/s1. The molecule has 0 aliphatic carbocycles. The zero-order valence-electron chi connectivity index (χ0n) is 16.0. The van der Waals surface area contributed by atoms with Crippen LogP contribution in [0.1, 0.15) is 45.8 Å².